The van der Waals surface area contributed by atoms with E-state index in [0.717, 1.165) is 11.3 Å². The molecule has 1 saturated heterocycles. The van der Waals surface area contributed by atoms with Crippen molar-refractivity contribution in [2.75, 3.05) is 12.4 Å². The molecule has 2 aromatic carbocycles. The average molecular weight is 354 g/mol. The maximum Gasteiger partial charge on any atom is 0.265 e. The van der Waals surface area contributed by atoms with Crippen LogP contribution in [0, 0.1) is 0 Å². The van der Waals surface area contributed by atoms with E-state index in [-0.39, 0.29) is 11.8 Å². The van der Waals surface area contributed by atoms with Crippen LogP contribution in [0.25, 0.3) is 6.08 Å². The van der Waals surface area contributed by atoms with Crippen LogP contribution in [0.4, 0.5) is 5.69 Å². The van der Waals surface area contributed by atoms with Gasteiger partial charge < -0.3 is 5.32 Å². The highest BCUT2D eigenvalue weighted by molar-refractivity contribution is 8.26. The van der Waals surface area contributed by atoms with E-state index in [1.165, 1.54) is 16.7 Å². The number of hydrogen-bond donors (Lipinski definition) is 1. The molecule has 0 saturated carbocycles. The van der Waals surface area contributed by atoms with Crippen LogP contribution in [0.15, 0.2) is 59.5 Å². The largest absolute Gasteiger partial charge is 0.322 e. The third-order valence-corrected chi connectivity index (χ3v) is 4.97. The van der Waals surface area contributed by atoms with E-state index in [1.54, 1.807) is 25.3 Å². The first-order chi connectivity index (χ1) is 11.5. The van der Waals surface area contributed by atoms with Crippen molar-refractivity contribution in [2.24, 2.45) is 0 Å². The number of thiocarbonyl (C=S) groups is 1. The highest BCUT2D eigenvalue weighted by Gasteiger charge is 2.28. The van der Waals surface area contributed by atoms with Crippen molar-refractivity contribution in [1.82, 2.24) is 4.90 Å². The van der Waals surface area contributed by atoms with Gasteiger partial charge in [0.1, 0.15) is 4.32 Å². The number of nitrogens with zero attached hydrogens (tertiary/aromatic N) is 1. The standard InChI is InChI=1S/C18H14N2O2S2/c1-20-17(22)15(24-18(20)23)11-12-7-9-13(10-8-12)16(21)19-14-5-3-2-4-6-14/h2-11H,1H3,(H,19,21)/b15-11-. The second-order valence-electron chi connectivity index (χ2n) is 5.18. The number of hydrogen-bond acceptors (Lipinski definition) is 4. The van der Waals surface area contributed by atoms with Gasteiger partial charge in [0.25, 0.3) is 11.8 Å². The monoisotopic (exact) mass is 354 g/mol. The van der Waals surface area contributed by atoms with E-state index in [9.17, 15) is 9.59 Å². The molecule has 0 aliphatic carbocycles. The fraction of sp³-hybridized carbons (Fsp3) is 0.0556. The van der Waals surface area contributed by atoms with Crippen LogP contribution in [0.3, 0.4) is 0 Å². The third kappa shape index (κ3) is 3.55. The van der Waals surface area contributed by atoms with E-state index in [2.05, 4.69) is 5.32 Å². The molecule has 120 valence electrons. The number of rotatable bonds is 3. The van der Waals surface area contributed by atoms with Crippen LogP contribution in [0.1, 0.15) is 15.9 Å². The summed E-state index contributed by atoms with van der Waals surface area (Å²) in [6.45, 7) is 0. The summed E-state index contributed by atoms with van der Waals surface area (Å²) in [7, 11) is 1.66. The predicted molar refractivity (Wildman–Crippen MR) is 102 cm³/mol. The van der Waals surface area contributed by atoms with Crippen LogP contribution in [-0.2, 0) is 4.79 Å². The lowest BCUT2D eigenvalue weighted by Gasteiger charge is -2.05. The molecule has 1 heterocycles. The first kappa shape index (κ1) is 16.4. The van der Waals surface area contributed by atoms with E-state index in [0.29, 0.717) is 14.8 Å². The number of nitrogens with one attached hydrogen (secondary N) is 1. The number of amides is 2. The van der Waals surface area contributed by atoms with Crippen molar-refractivity contribution in [3.63, 3.8) is 0 Å². The molecule has 0 unspecified atom stereocenters. The quantitative estimate of drug-likeness (QED) is 0.673. The molecule has 1 fully saturated rings. The fourth-order valence-electron chi connectivity index (χ4n) is 2.15. The average Bonchev–Trinajstić information content (AvgIpc) is 2.83. The maximum absolute atomic E-state index is 12.2. The van der Waals surface area contributed by atoms with Crippen LogP contribution in [0.5, 0.6) is 0 Å². The summed E-state index contributed by atoms with van der Waals surface area (Å²) in [5, 5.41) is 2.83. The van der Waals surface area contributed by atoms with Crippen LogP contribution < -0.4 is 5.32 Å². The number of para-hydroxylation sites is 1. The predicted octanol–water partition coefficient (Wildman–Crippen LogP) is 3.77. The minimum absolute atomic E-state index is 0.101. The molecule has 0 aromatic heterocycles. The fourth-order valence-corrected chi connectivity index (χ4v) is 3.33. The second kappa shape index (κ2) is 6.98. The first-order valence-electron chi connectivity index (χ1n) is 7.22. The summed E-state index contributed by atoms with van der Waals surface area (Å²) in [4.78, 5) is 26.2. The smallest absolute Gasteiger partial charge is 0.265 e. The minimum atomic E-state index is -0.173. The van der Waals surface area contributed by atoms with Gasteiger partial charge in [-0.15, -0.1) is 0 Å². The Morgan fingerprint density at radius 3 is 2.38 bits per heavy atom. The van der Waals surface area contributed by atoms with Gasteiger partial charge in [-0.3, -0.25) is 14.5 Å². The number of anilines is 1. The van der Waals surface area contributed by atoms with E-state index in [1.807, 2.05) is 42.5 Å². The number of benzene rings is 2. The topological polar surface area (TPSA) is 49.4 Å². The summed E-state index contributed by atoms with van der Waals surface area (Å²) in [6, 6.07) is 16.4. The number of carbonyl (C=O) groups is 2. The minimum Gasteiger partial charge on any atom is -0.322 e. The Bertz CT molecular complexity index is 830. The maximum atomic E-state index is 12.2. The van der Waals surface area contributed by atoms with Crippen molar-refractivity contribution in [3.05, 3.63) is 70.6 Å². The van der Waals surface area contributed by atoms with Gasteiger partial charge >= 0.3 is 0 Å². The van der Waals surface area contributed by atoms with Crippen molar-refractivity contribution in [1.29, 1.82) is 0 Å². The van der Waals surface area contributed by atoms with Gasteiger partial charge in [-0.05, 0) is 35.9 Å². The van der Waals surface area contributed by atoms with Gasteiger partial charge in [-0.2, -0.15) is 0 Å². The van der Waals surface area contributed by atoms with Gasteiger partial charge in [0.05, 0.1) is 4.91 Å². The Hall–Kier alpha value is -2.44. The lowest BCUT2D eigenvalue weighted by molar-refractivity contribution is -0.121. The van der Waals surface area contributed by atoms with Crippen molar-refractivity contribution in [3.8, 4) is 0 Å². The molecular formula is C18H14N2O2S2. The van der Waals surface area contributed by atoms with E-state index < -0.39 is 0 Å². The Balaban J connectivity index is 1.73. The summed E-state index contributed by atoms with van der Waals surface area (Å²) in [5.74, 6) is -0.275. The summed E-state index contributed by atoms with van der Waals surface area (Å²) in [6.07, 6.45) is 1.78. The van der Waals surface area contributed by atoms with Gasteiger partial charge in [0.15, 0.2) is 0 Å². The second-order valence-corrected chi connectivity index (χ2v) is 6.86. The molecule has 0 radical (unpaired) electrons. The Morgan fingerprint density at radius 1 is 1.12 bits per heavy atom. The SMILES string of the molecule is CN1C(=O)/C(=C/c2ccc(C(=O)Nc3ccccc3)cc2)SC1=S. The zero-order valence-electron chi connectivity index (χ0n) is 12.9. The molecule has 1 aliphatic heterocycles. The Morgan fingerprint density at radius 2 is 1.79 bits per heavy atom. The highest BCUT2D eigenvalue weighted by atomic mass is 32.2. The lowest BCUT2D eigenvalue weighted by Crippen LogP contribution is -2.22. The summed E-state index contributed by atoms with van der Waals surface area (Å²) in [5.41, 5.74) is 2.15. The number of likely N-dealkylation sites (N-methyl/N-ethyl adjacent to an activating group) is 1. The Labute approximate surface area is 149 Å². The Kier molecular flexibility index (Phi) is 4.78. The molecule has 24 heavy (non-hydrogen) atoms. The number of carbonyl (C=O) groups excluding carboxylic acids is 2. The van der Waals surface area contributed by atoms with Gasteiger partial charge in [-0.25, -0.2) is 0 Å². The molecule has 6 heteroatoms. The molecule has 0 spiro atoms. The molecule has 0 atom stereocenters. The van der Waals surface area contributed by atoms with Crippen molar-refractivity contribution >= 4 is 51.9 Å². The molecule has 1 N–H and O–H groups in total. The molecule has 1 aliphatic rings. The van der Waals surface area contributed by atoms with Crippen LogP contribution >= 0.6 is 24.0 Å². The zero-order valence-corrected chi connectivity index (χ0v) is 14.5. The van der Waals surface area contributed by atoms with E-state index >= 15 is 0 Å². The lowest BCUT2D eigenvalue weighted by atomic mass is 10.1. The third-order valence-electron chi connectivity index (χ3n) is 3.49. The van der Waals surface area contributed by atoms with Gasteiger partial charge in [0, 0.05) is 18.3 Å². The van der Waals surface area contributed by atoms with Gasteiger partial charge in [0.2, 0.25) is 0 Å². The molecular weight excluding hydrogens is 340 g/mol. The normalized spacial score (nSPS) is 15.9. The molecule has 0 bridgehead atoms. The van der Waals surface area contributed by atoms with Gasteiger partial charge in [-0.1, -0.05) is 54.3 Å². The molecule has 3 rings (SSSR count). The van der Waals surface area contributed by atoms with E-state index in [4.69, 9.17) is 12.2 Å². The first-order valence-corrected chi connectivity index (χ1v) is 8.45. The molecule has 2 aromatic rings. The number of thioether (sulfide) groups is 1. The molecule has 2 amide bonds. The molecule has 4 nitrogen and oxygen atoms in total. The highest BCUT2D eigenvalue weighted by Crippen LogP contribution is 2.31. The van der Waals surface area contributed by atoms with Crippen LogP contribution in [-0.4, -0.2) is 28.1 Å². The summed E-state index contributed by atoms with van der Waals surface area (Å²) < 4.78 is 0.546. The summed E-state index contributed by atoms with van der Waals surface area (Å²) >= 11 is 6.38. The van der Waals surface area contributed by atoms with Crippen LogP contribution in [0.2, 0.25) is 0 Å². The van der Waals surface area contributed by atoms with Crippen molar-refractivity contribution in [2.45, 2.75) is 0 Å². The zero-order chi connectivity index (χ0) is 17.1. The van der Waals surface area contributed by atoms with Crippen molar-refractivity contribution < 1.29 is 9.59 Å².